The molecule has 3 heterocycles. The minimum Gasteiger partial charge on any atom is -0.458 e. The second-order valence-corrected chi connectivity index (χ2v) is 23.6. The lowest BCUT2D eigenvalue weighted by Crippen LogP contribution is -2.74. The summed E-state index contributed by atoms with van der Waals surface area (Å²) in [4.78, 5) is 4.87. The molecule has 6 heteroatoms. The van der Waals surface area contributed by atoms with Gasteiger partial charge >= 0.3 is 0 Å². The molecule has 0 aliphatic rings. The Kier molecular flexibility index (Phi) is 9.21. The first-order chi connectivity index (χ1) is 41.5. The standard InChI is InChI=1S/C70H54N4OSi/c1-70(2,3)52-42-43-71-68(44-52)74-64-37-20-19-36-60(64)61-41-40-55(46-67(61)74)75-54-29-23-28-53(45-54)72-49-73(66-39-22-21-38-65(66)72)69-62(50-24-9-4-10-25-50)47-59(48-63(69)51-26-11-5-12-27-51)76(56-30-13-6-14-31-56,57-32-15-7-16-33-57)58-34-17-8-18-35-58/h4-48H,1-3H3/i4D,5D,9D,10D,11D,12D,24D,25D,26D,27D. The molecule has 13 aromatic rings. The summed E-state index contributed by atoms with van der Waals surface area (Å²) in [6, 6.07) is 61.9. The van der Waals surface area contributed by atoms with Crippen LogP contribution in [0.15, 0.2) is 273 Å². The van der Waals surface area contributed by atoms with Gasteiger partial charge in [0.2, 0.25) is 0 Å². The van der Waals surface area contributed by atoms with E-state index >= 15 is 0 Å². The first kappa shape index (κ1) is 36.5. The summed E-state index contributed by atoms with van der Waals surface area (Å²) in [6.45, 7) is 6.55. The van der Waals surface area contributed by atoms with Crippen LogP contribution in [0.1, 0.15) is 40.0 Å². The van der Waals surface area contributed by atoms with Gasteiger partial charge in [-0.15, -0.1) is 0 Å². The number of ether oxygens (including phenoxy) is 1. The second kappa shape index (κ2) is 19.2. The lowest BCUT2D eigenvalue weighted by molar-refractivity contribution is -0.571. The summed E-state index contributed by atoms with van der Waals surface area (Å²) in [5.74, 6) is 1.87. The van der Waals surface area contributed by atoms with Crippen LogP contribution >= 0.6 is 0 Å². The number of benzene rings is 10. The zero-order valence-electron chi connectivity index (χ0n) is 51.9. The molecule has 0 radical (unpaired) electrons. The molecule has 0 unspecified atom stereocenters. The van der Waals surface area contributed by atoms with Crippen LogP contribution in [0.2, 0.25) is 0 Å². The third kappa shape index (κ3) is 8.11. The van der Waals surface area contributed by atoms with Crippen LogP contribution in [0.5, 0.6) is 11.5 Å². The number of rotatable bonds is 11. The van der Waals surface area contributed by atoms with E-state index in [1.807, 2.05) is 150 Å². The summed E-state index contributed by atoms with van der Waals surface area (Å²) in [5.41, 5.74) is 4.90. The molecule has 0 saturated heterocycles. The van der Waals surface area contributed by atoms with E-state index < -0.39 is 68.5 Å². The highest BCUT2D eigenvalue weighted by atomic mass is 28.3. The van der Waals surface area contributed by atoms with Crippen LogP contribution in [-0.2, 0) is 5.41 Å². The number of aromatic nitrogens is 4. The van der Waals surface area contributed by atoms with Crippen LogP contribution in [0.4, 0.5) is 0 Å². The van der Waals surface area contributed by atoms with Gasteiger partial charge in [0.15, 0.2) is 8.07 Å². The van der Waals surface area contributed by atoms with Gasteiger partial charge < -0.3 is 4.74 Å². The topological polar surface area (TPSA) is 35.9 Å². The smallest absolute Gasteiger partial charge is 0.269 e. The molecule has 5 nitrogen and oxygen atoms in total. The van der Waals surface area contributed by atoms with Gasteiger partial charge in [-0.25, -0.2) is 4.98 Å². The second-order valence-electron chi connectivity index (χ2n) is 19.8. The maximum atomic E-state index is 9.72. The van der Waals surface area contributed by atoms with E-state index in [9.17, 15) is 5.48 Å². The molecule has 0 bridgehead atoms. The van der Waals surface area contributed by atoms with Gasteiger partial charge in [0.1, 0.15) is 17.3 Å². The summed E-state index contributed by atoms with van der Waals surface area (Å²) >= 11 is 0. The van der Waals surface area contributed by atoms with Crippen molar-refractivity contribution in [1.82, 2.24) is 14.1 Å². The van der Waals surface area contributed by atoms with Gasteiger partial charge in [-0.05, 0) is 103 Å². The summed E-state index contributed by atoms with van der Waals surface area (Å²) in [7, 11) is -3.64. The highest BCUT2D eigenvalue weighted by Crippen LogP contribution is 2.38. The van der Waals surface area contributed by atoms with E-state index in [4.69, 9.17) is 17.9 Å². The molecule has 0 fully saturated rings. The van der Waals surface area contributed by atoms with Gasteiger partial charge in [0.05, 0.1) is 47.1 Å². The molecule has 13 rings (SSSR count). The van der Waals surface area contributed by atoms with Crippen molar-refractivity contribution < 1.29 is 23.0 Å². The lowest BCUT2D eigenvalue weighted by Gasteiger charge is -2.35. The average Bonchev–Trinajstić information content (AvgIpc) is 1.04. The monoisotopic (exact) mass is 1000 g/mol. The van der Waals surface area contributed by atoms with Crippen LogP contribution < -0.4 is 30.1 Å². The molecule has 364 valence electrons. The normalized spacial score (nSPS) is 13.7. The lowest BCUT2D eigenvalue weighted by atomic mass is 9.88. The summed E-state index contributed by atoms with van der Waals surface area (Å²) < 4.78 is 106. The molecule has 0 amide bonds. The largest absolute Gasteiger partial charge is 0.458 e. The SMILES string of the molecule is [2H]c1c([2H])c([2H])c(-c2cc([Si](c3ccccc3)(c3ccccc3)c3ccccc3)cc(-c3c([2H])c([2H])c([2H])c([2H])c3[2H])c2-[n+]2[c-]n(-c3cccc(Oc4ccc5c6ccccc6n(-c6cc(C(C)(C)C)ccn6)c5c4)c3)c3ccccc32)c([2H])c1[2H]. The van der Waals surface area contributed by atoms with Crippen molar-refractivity contribution in [3.8, 4) is 50.9 Å². The van der Waals surface area contributed by atoms with Crippen molar-refractivity contribution >= 4 is 61.7 Å². The van der Waals surface area contributed by atoms with Crippen LogP contribution in [0.25, 0.3) is 72.3 Å². The predicted molar refractivity (Wildman–Crippen MR) is 315 cm³/mol. The van der Waals surface area contributed by atoms with Crippen molar-refractivity contribution in [2.24, 2.45) is 0 Å². The van der Waals surface area contributed by atoms with Gasteiger partial charge in [-0.1, -0.05) is 233 Å². The van der Waals surface area contributed by atoms with Crippen LogP contribution in [0.3, 0.4) is 0 Å². The third-order valence-corrected chi connectivity index (χ3v) is 19.0. The minimum absolute atomic E-state index is 0.108. The average molecular weight is 1010 g/mol. The Hall–Kier alpha value is -9.36. The Morgan fingerprint density at radius 3 is 1.67 bits per heavy atom. The van der Waals surface area contributed by atoms with E-state index in [1.165, 1.54) is 0 Å². The maximum absolute atomic E-state index is 9.72. The fraction of sp³-hybridized carbons (Fsp3) is 0.0571. The Bertz CT molecular complexity index is 4610. The molecule has 3 aromatic heterocycles. The molecular weight excluding hydrogens is 941 g/mol. The van der Waals surface area contributed by atoms with Gasteiger partial charge in [-0.3, -0.25) is 13.7 Å². The molecule has 10 aromatic carbocycles. The zero-order chi connectivity index (χ0) is 59.9. The summed E-state index contributed by atoms with van der Waals surface area (Å²) in [5, 5.41) is 5.57. The maximum Gasteiger partial charge on any atom is 0.269 e. The van der Waals surface area contributed by atoms with E-state index in [0.717, 1.165) is 48.7 Å². The van der Waals surface area contributed by atoms with Crippen molar-refractivity contribution in [2.45, 2.75) is 26.2 Å². The molecule has 0 saturated carbocycles. The first-order valence-electron chi connectivity index (χ1n) is 30.2. The molecule has 0 spiro atoms. The molecular formula is C70H54N4OSi. The molecule has 0 atom stereocenters. The van der Waals surface area contributed by atoms with Gasteiger partial charge in [0, 0.05) is 23.0 Å². The van der Waals surface area contributed by atoms with Gasteiger partial charge in [-0.2, -0.15) is 0 Å². The highest BCUT2D eigenvalue weighted by molar-refractivity contribution is 7.20. The molecule has 0 aliphatic heterocycles. The number of para-hydroxylation sites is 3. The minimum atomic E-state index is -3.64. The van der Waals surface area contributed by atoms with Crippen LogP contribution in [0, 0.1) is 6.33 Å². The van der Waals surface area contributed by atoms with Crippen molar-refractivity contribution in [3.63, 3.8) is 0 Å². The Morgan fingerprint density at radius 2 is 1.05 bits per heavy atom. The predicted octanol–water partition coefficient (Wildman–Crippen LogP) is 14.0. The van der Waals surface area contributed by atoms with E-state index in [1.54, 1.807) is 4.57 Å². The first-order valence-corrected chi connectivity index (χ1v) is 27.2. The number of hydrogen-bond donors (Lipinski definition) is 0. The number of nitrogens with zero attached hydrogens (tertiary/aromatic N) is 4. The van der Waals surface area contributed by atoms with Crippen molar-refractivity contribution in [2.75, 3.05) is 0 Å². The third-order valence-electron chi connectivity index (χ3n) is 14.3. The zero-order valence-corrected chi connectivity index (χ0v) is 42.9. The Morgan fingerprint density at radius 1 is 0.500 bits per heavy atom. The number of imidazole rings is 1. The quantitative estimate of drug-likeness (QED) is 0.0560. The molecule has 76 heavy (non-hydrogen) atoms. The summed E-state index contributed by atoms with van der Waals surface area (Å²) in [6.07, 6.45) is 5.45. The van der Waals surface area contributed by atoms with E-state index in [-0.39, 0.29) is 33.4 Å². The van der Waals surface area contributed by atoms with Crippen molar-refractivity contribution in [3.05, 3.63) is 285 Å². The van der Waals surface area contributed by atoms with Gasteiger partial charge in [0.25, 0.3) is 6.33 Å². The fourth-order valence-corrected chi connectivity index (χ4v) is 15.6. The van der Waals surface area contributed by atoms with E-state index in [0.29, 0.717) is 33.4 Å². The number of fused-ring (bicyclic) bond motifs is 4. The Labute approximate surface area is 458 Å². The highest BCUT2D eigenvalue weighted by Gasteiger charge is 2.42. The molecule has 0 N–H and O–H groups in total. The number of pyridine rings is 1. The molecule has 0 aliphatic carbocycles. The fourth-order valence-electron chi connectivity index (χ4n) is 10.8. The van der Waals surface area contributed by atoms with E-state index in [2.05, 4.69) is 98.4 Å². The van der Waals surface area contributed by atoms with Crippen molar-refractivity contribution in [1.29, 1.82) is 0 Å². The number of hydrogen-bond acceptors (Lipinski definition) is 2. The Balaban J connectivity index is 1.08. The van der Waals surface area contributed by atoms with Crippen LogP contribution in [-0.4, -0.2) is 22.2 Å².